The quantitative estimate of drug-likeness (QED) is 0.843. The molecule has 7 heteroatoms. The van der Waals surface area contributed by atoms with Crippen molar-refractivity contribution in [3.63, 3.8) is 0 Å². The van der Waals surface area contributed by atoms with Crippen molar-refractivity contribution in [3.8, 4) is 5.75 Å². The Kier molecular flexibility index (Phi) is 5.46. The second-order valence-corrected chi connectivity index (χ2v) is 6.00. The third kappa shape index (κ3) is 4.35. The van der Waals surface area contributed by atoms with Crippen molar-refractivity contribution in [1.29, 1.82) is 0 Å². The molecule has 0 saturated carbocycles. The first-order valence-corrected chi connectivity index (χ1v) is 8.20. The molecule has 2 aromatic rings. The Balaban J connectivity index is 1.52. The summed E-state index contributed by atoms with van der Waals surface area (Å²) in [4.78, 5) is 5.43. The van der Waals surface area contributed by atoms with Gasteiger partial charge < -0.3 is 14.9 Å². The topological polar surface area (TPSA) is 42.9 Å². The van der Waals surface area contributed by atoms with Gasteiger partial charge in [-0.2, -0.15) is 13.2 Å². The van der Waals surface area contributed by atoms with E-state index >= 15 is 0 Å². The maximum absolute atomic E-state index is 12.7. The zero-order chi connectivity index (χ0) is 18.6. The number of hydrogen-bond donors (Lipinski definition) is 1. The van der Waals surface area contributed by atoms with Crippen LogP contribution >= 0.6 is 0 Å². The van der Waals surface area contributed by atoms with Crippen LogP contribution < -0.4 is 10.1 Å². The average molecular weight is 364 g/mol. The van der Waals surface area contributed by atoms with E-state index in [1.165, 1.54) is 6.07 Å². The second-order valence-electron chi connectivity index (χ2n) is 6.00. The van der Waals surface area contributed by atoms with Crippen LogP contribution in [0.4, 0.5) is 13.2 Å². The molecule has 0 bridgehead atoms. The van der Waals surface area contributed by atoms with Crippen molar-refractivity contribution < 1.29 is 22.7 Å². The number of nitrogens with zero attached hydrogens (tertiary/aromatic N) is 1. The van der Waals surface area contributed by atoms with Gasteiger partial charge in [0.2, 0.25) is 0 Å². The number of oxime groups is 1. The zero-order valence-electron chi connectivity index (χ0n) is 14.2. The number of nitrogens with one attached hydrogen (secondary N) is 1. The summed E-state index contributed by atoms with van der Waals surface area (Å²) in [5.41, 5.74) is 1.61. The molecule has 2 aromatic carbocycles. The van der Waals surface area contributed by atoms with Crippen LogP contribution in [0.1, 0.15) is 23.1 Å². The fraction of sp³-hybridized carbons (Fsp3) is 0.316. The van der Waals surface area contributed by atoms with Crippen LogP contribution in [0.25, 0.3) is 0 Å². The Morgan fingerprint density at radius 3 is 2.77 bits per heavy atom. The summed E-state index contributed by atoms with van der Waals surface area (Å²) in [5, 5.41) is 7.24. The molecule has 26 heavy (non-hydrogen) atoms. The van der Waals surface area contributed by atoms with Gasteiger partial charge in [-0.05, 0) is 23.8 Å². The molecule has 4 nitrogen and oxygen atoms in total. The van der Waals surface area contributed by atoms with Crippen molar-refractivity contribution in [3.05, 3.63) is 65.2 Å². The van der Waals surface area contributed by atoms with E-state index in [4.69, 9.17) is 9.57 Å². The Hall–Kier alpha value is -2.54. The van der Waals surface area contributed by atoms with Crippen molar-refractivity contribution in [1.82, 2.24) is 5.32 Å². The Bertz CT molecular complexity index is 790. The lowest BCUT2D eigenvalue weighted by atomic mass is 10.0. The summed E-state index contributed by atoms with van der Waals surface area (Å²) >= 11 is 0. The summed E-state index contributed by atoms with van der Waals surface area (Å²) in [6.45, 7) is 0.812. The van der Waals surface area contributed by atoms with E-state index in [9.17, 15) is 13.2 Å². The lowest BCUT2D eigenvalue weighted by molar-refractivity contribution is -0.137. The Labute approximate surface area is 149 Å². The highest BCUT2D eigenvalue weighted by Gasteiger charge is 2.30. The number of para-hydroxylation sites is 1. The second kappa shape index (κ2) is 7.78. The highest BCUT2D eigenvalue weighted by molar-refractivity contribution is 6.03. The number of rotatable bonds is 6. The SMILES string of the molecule is COc1ccccc1C1=NOC(CNCc2cccc(C(F)(F)F)c2)C1. The highest BCUT2D eigenvalue weighted by atomic mass is 19.4. The van der Waals surface area contributed by atoms with Gasteiger partial charge in [-0.15, -0.1) is 0 Å². The van der Waals surface area contributed by atoms with E-state index in [0.717, 1.165) is 29.2 Å². The molecular weight excluding hydrogens is 345 g/mol. The van der Waals surface area contributed by atoms with E-state index < -0.39 is 11.7 Å². The van der Waals surface area contributed by atoms with Crippen molar-refractivity contribution in [2.24, 2.45) is 5.16 Å². The maximum atomic E-state index is 12.7. The molecule has 3 rings (SSSR count). The molecule has 0 aliphatic carbocycles. The van der Waals surface area contributed by atoms with Crippen LogP contribution in [0.5, 0.6) is 5.75 Å². The summed E-state index contributed by atoms with van der Waals surface area (Å²) < 4.78 is 43.5. The first kappa shape index (κ1) is 18.3. The van der Waals surface area contributed by atoms with Crippen molar-refractivity contribution >= 4 is 5.71 Å². The van der Waals surface area contributed by atoms with Crippen molar-refractivity contribution in [2.75, 3.05) is 13.7 Å². The van der Waals surface area contributed by atoms with Gasteiger partial charge in [0.15, 0.2) is 0 Å². The van der Waals surface area contributed by atoms with Gasteiger partial charge in [0.05, 0.1) is 18.4 Å². The van der Waals surface area contributed by atoms with E-state index in [0.29, 0.717) is 25.1 Å². The van der Waals surface area contributed by atoms with E-state index in [2.05, 4.69) is 10.5 Å². The molecule has 0 spiro atoms. The molecule has 0 fully saturated rings. The van der Waals surface area contributed by atoms with Gasteiger partial charge in [-0.25, -0.2) is 0 Å². The average Bonchev–Trinajstić information content (AvgIpc) is 3.10. The molecule has 138 valence electrons. The first-order chi connectivity index (χ1) is 12.5. The highest BCUT2D eigenvalue weighted by Crippen LogP contribution is 2.29. The molecular formula is C19H19F3N2O2. The third-order valence-corrected chi connectivity index (χ3v) is 4.11. The minimum atomic E-state index is -4.33. The molecule has 1 atom stereocenters. The fourth-order valence-corrected chi connectivity index (χ4v) is 2.82. The van der Waals surface area contributed by atoms with Gasteiger partial charge in [-0.3, -0.25) is 0 Å². The smallest absolute Gasteiger partial charge is 0.416 e. The molecule has 1 heterocycles. The lowest BCUT2D eigenvalue weighted by Crippen LogP contribution is -2.27. The number of alkyl halides is 3. The Morgan fingerprint density at radius 2 is 2.00 bits per heavy atom. The maximum Gasteiger partial charge on any atom is 0.416 e. The van der Waals surface area contributed by atoms with Gasteiger partial charge in [-0.1, -0.05) is 35.5 Å². The largest absolute Gasteiger partial charge is 0.496 e. The molecule has 0 aromatic heterocycles. The lowest BCUT2D eigenvalue weighted by Gasteiger charge is -2.12. The summed E-state index contributed by atoms with van der Waals surface area (Å²) in [6.07, 6.45) is -3.89. The number of hydrogen-bond acceptors (Lipinski definition) is 4. The molecule has 1 aliphatic rings. The minimum Gasteiger partial charge on any atom is -0.496 e. The summed E-state index contributed by atoms with van der Waals surface area (Å²) in [6, 6.07) is 12.8. The third-order valence-electron chi connectivity index (χ3n) is 4.11. The van der Waals surface area contributed by atoms with E-state index in [-0.39, 0.29) is 6.10 Å². The number of methoxy groups -OCH3 is 1. The number of ether oxygens (including phenoxy) is 1. The molecule has 1 aliphatic heterocycles. The number of halogens is 3. The normalized spacial score (nSPS) is 16.9. The Morgan fingerprint density at radius 1 is 1.19 bits per heavy atom. The predicted octanol–water partition coefficient (Wildman–Crippen LogP) is 4.00. The van der Waals surface area contributed by atoms with Gasteiger partial charge in [0.25, 0.3) is 0 Å². The molecule has 0 amide bonds. The summed E-state index contributed by atoms with van der Waals surface area (Å²) in [7, 11) is 1.60. The van der Waals surface area contributed by atoms with E-state index in [1.807, 2.05) is 24.3 Å². The van der Waals surface area contributed by atoms with Crippen LogP contribution in [0.15, 0.2) is 53.7 Å². The summed E-state index contributed by atoms with van der Waals surface area (Å²) in [5.74, 6) is 0.729. The van der Waals surface area contributed by atoms with Crippen LogP contribution in [0.3, 0.4) is 0 Å². The van der Waals surface area contributed by atoms with Crippen LogP contribution in [0, 0.1) is 0 Å². The van der Waals surface area contributed by atoms with Gasteiger partial charge in [0.1, 0.15) is 11.9 Å². The fourth-order valence-electron chi connectivity index (χ4n) is 2.82. The minimum absolute atomic E-state index is 0.166. The zero-order valence-corrected chi connectivity index (χ0v) is 14.2. The van der Waals surface area contributed by atoms with Gasteiger partial charge >= 0.3 is 6.18 Å². The van der Waals surface area contributed by atoms with Crippen LogP contribution in [0.2, 0.25) is 0 Å². The molecule has 0 radical (unpaired) electrons. The molecule has 1 unspecified atom stereocenters. The standard InChI is InChI=1S/C19H19F3N2O2/c1-25-18-8-3-2-7-16(18)17-10-15(26-24-17)12-23-11-13-5-4-6-14(9-13)19(20,21)22/h2-9,15,23H,10-12H2,1H3. The van der Waals surface area contributed by atoms with Gasteiger partial charge in [0, 0.05) is 25.1 Å². The predicted molar refractivity (Wildman–Crippen MR) is 92.2 cm³/mol. The monoisotopic (exact) mass is 364 g/mol. The number of benzene rings is 2. The van der Waals surface area contributed by atoms with Crippen LogP contribution in [-0.2, 0) is 17.6 Å². The molecule has 0 saturated heterocycles. The van der Waals surface area contributed by atoms with Crippen LogP contribution in [-0.4, -0.2) is 25.5 Å². The van der Waals surface area contributed by atoms with E-state index in [1.54, 1.807) is 13.2 Å². The van der Waals surface area contributed by atoms with Crippen molar-refractivity contribution in [2.45, 2.75) is 25.2 Å². The molecule has 1 N–H and O–H groups in total. The first-order valence-electron chi connectivity index (χ1n) is 8.20.